The Bertz CT molecular complexity index is 857. The van der Waals surface area contributed by atoms with Gasteiger partial charge >= 0.3 is 0 Å². The Morgan fingerprint density at radius 2 is 2.00 bits per heavy atom. The first-order chi connectivity index (χ1) is 13.0. The summed E-state index contributed by atoms with van der Waals surface area (Å²) in [7, 11) is 0. The first-order valence-corrected chi connectivity index (χ1v) is 9.65. The number of nitrogens with zero attached hydrogens (tertiary/aromatic N) is 1. The zero-order chi connectivity index (χ0) is 19.3. The molecular weight excluding hydrogens is 408 g/mol. The Labute approximate surface area is 167 Å². The van der Waals surface area contributed by atoms with Crippen LogP contribution >= 0.6 is 15.9 Å². The van der Waals surface area contributed by atoms with Crippen LogP contribution in [0.15, 0.2) is 53.0 Å². The molecule has 0 saturated carbocycles. The highest BCUT2D eigenvalue weighted by atomic mass is 79.9. The van der Waals surface area contributed by atoms with Gasteiger partial charge in [0.25, 0.3) is 5.91 Å². The van der Waals surface area contributed by atoms with Gasteiger partial charge in [0.05, 0.1) is 11.1 Å². The number of halogens is 1. The number of ether oxygens (including phenoxy) is 2. The first kappa shape index (κ1) is 19.4. The lowest BCUT2D eigenvalue weighted by Crippen LogP contribution is -2.52. The van der Waals surface area contributed by atoms with E-state index >= 15 is 0 Å². The molecule has 5 nitrogen and oxygen atoms in total. The molecule has 1 aliphatic rings. The molecule has 1 amide bonds. The lowest BCUT2D eigenvalue weighted by molar-refractivity contribution is -0.130. The molecule has 1 fully saturated rings. The molecule has 0 spiro atoms. The van der Waals surface area contributed by atoms with Crippen LogP contribution in [0.4, 0.5) is 0 Å². The van der Waals surface area contributed by atoms with E-state index in [-0.39, 0.29) is 5.91 Å². The highest BCUT2D eigenvalue weighted by Crippen LogP contribution is 2.33. The fraction of sp³-hybridized carbons (Fsp3) is 0.333. The molecule has 27 heavy (non-hydrogen) atoms. The van der Waals surface area contributed by atoms with Crippen molar-refractivity contribution >= 4 is 21.8 Å². The quantitative estimate of drug-likeness (QED) is 0.783. The van der Waals surface area contributed by atoms with Crippen LogP contribution in [-0.4, -0.2) is 25.2 Å². The van der Waals surface area contributed by atoms with Gasteiger partial charge in [-0.05, 0) is 49.6 Å². The van der Waals surface area contributed by atoms with Crippen LogP contribution < -0.4 is 10.1 Å². The van der Waals surface area contributed by atoms with Crippen molar-refractivity contribution in [2.45, 2.75) is 31.4 Å². The zero-order valence-electron chi connectivity index (χ0n) is 15.1. The molecule has 1 atom stereocenters. The van der Waals surface area contributed by atoms with Gasteiger partial charge < -0.3 is 14.8 Å². The van der Waals surface area contributed by atoms with E-state index < -0.39 is 11.6 Å². The van der Waals surface area contributed by atoms with Gasteiger partial charge in [0.15, 0.2) is 6.10 Å². The van der Waals surface area contributed by atoms with E-state index in [0.29, 0.717) is 37.4 Å². The summed E-state index contributed by atoms with van der Waals surface area (Å²) in [6.45, 7) is 2.86. The molecular formula is C21H21BrN2O3. The van der Waals surface area contributed by atoms with E-state index in [0.717, 1.165) is 10.0 Å². The number of nitrogens with one attached hydrogen (secondary N) is 1. The van der Waals surface area contributed by atoms with Gasteiger partial charge in [-0.2, -0.15) is 5.26 Å². The van der Waals surface area contributed by atoms with Crippen molar-refractivity contribution in [2.24, 2.45) is 0 Å². The number of hydrogen-bond acceptors (Lipinski definition) is 4. The summed E-state index contributed by atoms with van der Waals surface area (Å²) in [5.74, 6) is 0.191. The van der Waals surface area contributed by atoms with Crippen LogP contribution in [0.25, 0.3) is 0 Å². The minimum absolute atomic E-state index is 0.218. The normalized spacial score (nSPS) is 16.8. The smallest absolute Gasteiger partial charge is 0.261 e. The van der Waals surface area contributed by atoms with Crippen LogP contribution in [0.1, 0.15) is 30.9 Å². The third-order valence-corrected chi connectivity index (χ3v) is 5.26. The second-order valence-corrected chi connectivity index (χ2v) is 7.48. The van der Waals surface area contributed by atoms with Gasteiger partial charge in [0, 0.05) is 17.7 Å². The summed E-state index contributed by atoms with van der Waals surface area (Å²) >= 11 is 3.51. The molecule has 2 aromatic carbocycles. The van der Waals surface area contributed by atoms with Crippen LogP contribution in [-0.2, 0) is 15.1 Å². The average molecular weight is 429 g/mol. The molecule has 6 heteroatoms. The molecule has 3 rings (SSSR count). The number of benzene rings is 2. The Kier molecular flexibility index (Phi) is 6.15. The molecule has 1 aliphatic heterocycles. The van der Waals surface area contributed by atoms with Gasteiger partial charge in [-0.25, -0.2) is 0 Å². The van der Waals surface area contributed by atoms with Gasteiger partial charge in [-0.3, -0.25) is 4.79 Å². The minimum Gasteiger partial charge on any atom is -0.480 e. The summed E-state index contributed by atoms with van der Waals surface area (Å²) in [5, 5.41) is 12.4. The van der Waals surface area contributed by atoms with Crippen LogP contribution in [0.5, 0.6) is 5.75 Å². The van der Waals surface area contributed by atoms with E-state index in [1.54, 1.807) is 31.2 Å². The van der Waals surface area contributed by atoms with E-state index in [2.05, 4.69) is 27.3 Å². The van der Waals surface area contributed by atoms with Crippen molar-refractivity contribution in [1.29, 1.82) is 5.26 Å². The second kappa shape index (κ2) is 8.55. The maximum Gasteiger partial charge on any atom is 0.261 e. The first-order valence-electron chi connectivity index (χ1n) is 8.86. The summed E-state index contributed by atoms with van der Waals surface area (Å²) in [6.07, 6.45) is 0.652. The predicted octanol–water partition coefficient (Wildman–Crippen LogP) is 3.91. The fourth-order valence-electron chi connectivity index (χ4n) is 3.24. The van der Waals surface area contributed by atoms with E-state index in [1.165, 1.54) is 0 Å². The Balaban J connectivity index is 1.79. The van der Waals surface area contributed by atoms with E-state index in [4.69, 9.17) is 9.47 Å². The molecule has 0 aliphatic carbocycles. The number of rotatable bonds is 5. The van der Waals surface area contributed by atoms with Crippen LogP contribution in [0.3, 0.4) is 0 Å². The number of hydrogen-bond donors (Lipinski definition) is 1. The molecule has 1 N–H and O–H groups in total. The Morgan fingerprint density at radius 3 is 2.70 bits per heavy atom. The van der Waals surface area contributed by atoms with Gasteiger partial charge in [0.1, 0.15) is 11.8 Å². The Morgan fingerprint density at radius 1 is 1.26 bits per heavy atom. The maximum atomic E-state index is 12.9. The standard InChI is InChI=1S/C21H21BrN2O3/c1-15(27-19-8-3-2-5-16(19)14-23)20(25)24-21(9-11-26-12-10-21)17-6-4-7-18(22)13-17/h2-8,13,15H,9-12H2,1H3,(H,24,25). The van der Waals surface area contributed by atoms with E-state index in [1.807, 2.05) is 24.3 Å². The average Bonchev–Trinajstić information content (AvgIpc) is 2.69. The molecule has 0 aromatic heterocycles. The summed E-state index contributed by atoms with van der Waals surface area (Å²) in [6, 6.07) is 17.0. The second-order valence-electron chi connectivity index (χ2n) is 6.56. The van der Waals surface area contributed by atoms with E-state index in [9.17, 15) is 10.1 Å². The third kappa shape index (κ3) is 4.49. The number of nitriles is 1. The van der Waals surface area contributed by atoms with Gasteiger partial charge in [-0.15, -0.1) is 0 Å². The number of para-hydroxylation sites is 1. The van der Waals surface area contributed by atoms with Crippen molar-refractivity contribution < 1.29 is 14.3 Å². The number of amides is 1. The topological polar surface area (TPSA) is 71.3 Å². The largest absolute Gasteiger partial charge is 0.480 e. The lowest BCUT2D eigenvalue weighted by atomic mass is 9.82. The van der Waals surface area contributed by atoms with Crippen molar-refractivity contribution in [1.82, 2.24) is 5.32 Å². The highest BCUT2D eigenvalue weighted by molar-refractivity contribution is 9.10. The fourth-order valence-corrected chi connectivity index (χ4v) is 3.63. The van der Waals surface area contributed by atoms with Crippen molar-refractivity contribution in [2.75, 3.05) is 13.2 Å². The van der Waals surface area contributed by atoms with Gasteiger partial charge in [0.2, 0.25) is 0 Å². The lowest BCUT2D eigenvalue weighted by Gasteiger charge is -2.39. The van der Waals surface area contributed by atoms with Gasteiger partial charge in [-0.1, -0.05) is 40.2 Å². The maximum absolute atomic E-state index is 12.9. The molecule has 1 heterocycles. The Hall–Kier alpha value is -2.36. The zero-order valence-corrected chi connectivity index (χ0v) is 16.7. The van der Waals surface area contributed by atoms with Crippen molar-refractivity contribution in [3.05, 3.63) is 64.1 Å². The summed E-state index contributed by atoms with van der Waals surface area (Å²) in [5.41, 5.74) is 0.953. The molecule has 2 aromatic rings. The minimum atomic E-state index is -0.730. The summed E-state index contributed by atoms with van der Waals surface area (Å²) in [4.78, 5) is 12.9. The molecule has 1 unspecified atom stereocenters. The predicted molar refractivity (Wildman–Crippen MR) is 105 cm³/mol. The third-order valence-electron chi connectivity index (χ3n) is 4.77. The molecule has 0 radical (unpaired) electrons. The SMILES string of the molecule is CC(Oc1ccccc1C#N)C(=O)NC1(c2cccc(Br)c2)CCOCC1. The number of carbonyl (C=O) groups is 1. The molecule has 0 bridgehead atoms. The summed E-state index contributed by atoms with van der Waals surface area (Å²) < 4.78 is 12.2. The number of carbonyl (C=O) groups excluding carboxylic acids is 1. The van der Waals surface area contributed by atoms with Crippen LogP contribution in [0, 0.1) is 11.3 Å². The van der Waals surface area contributed by atoms with Crippen LogP contribution in [0.2, 0.25) is 0 Å². The molecule has 140 valence electrons. The monoisotopic (exact) mass is 428 g/mol. The van der Waals surface area contributed by atoms with Crippen molar-refractivity contribution in [3.63, 3.8) is 0 Å². The highest BCUT2D eigenvalue weighted by Gasteiger charge is 2.37. The molecule has 1 saturated heterocycles. The van der Waals surface area contributed by atoms with Crippen molar-refractivity contribution in [3.8, 4) is 11.8 Å².